The largest absolute Gasteiger partial charge is 0.390 e. The summed E-state index contributed by atoms with van der Waals surface area (Å²) in [4.78, 5) is 14.0. The van der Waals surface area contributed by atoms with E-state index in [0.717, 1.165) is 78.7 Å². The van der Waals surface area contributed by atoms with Crippen LogP contribution in [0.5, 0.6) is 0 Å². The molecule has 0 aliphatic carbocycles. The van der Waals surface area contributed by atoms with E-state index in [1.165, 1.54) is 0 Å². The molecule has 0 radical (unpaired) electrons. The standard InChI is InChI=1S/C28H29ClN4O/c1-28(34)13-16-32(17-14-28)26-12-15-33(20-26)27-11-3-21(18-31-27)2-9-25-10-6-23(19-30-25)22-4-7-24(29)8-5-22/h3-8,10-11,18-19,26,34H,12-17,20H2,1H3/t26-/m0/s1. The minimum Gasteiger partial charge on any atom is -0.390 e. The maximum atomic E-state index is 10.2. The second-order valence-corrected chi connectivity index (χ2v) is 9.95. The van der Waals surface area contributed by atoms with Gasteiger partial charge in [0.1, 0.15) is 11.5 Å². The quantitative estimate of drug-likeness (QED) is 0.563. The van der Waals surface area contributed by atoms with Crippen LogP contribution >= 0.6 is 11.6 Å². The summed E-state index contributed by atoms with van der Waals surface area (Å²) in [5, 5.41) is 10.9. The molecule has 5 nitrogen and oxygen atoms in total. The van der Waals surface area contributed by atoms with Gasteiger partial charge in [-0.05, 0) is 68.0 Å². The van der Waals surface area contributed by atoms with Gasteiger partial charge in [-0.2, -0.15) is 0 Å². The first kappa shape index (κ1) is 22.9. The van der Waals surface area contributed by atoms with Gasteiger partial charge in [0.25, 0.3) is 0 Å². The van der Waals surface area contributed by atoms with E-state index >= 15 is 0 Å². The molecule has 2 saturated heterocycles. The molecule has 5 rings (SSSR count). The number of benzene rings is 1. The molecule has 0 unspecified atom stereocenters. The van der Waals surface area contributed by atoms with Crippen molar-refractivity contribution in [2.45, 2.75) is 37.8 Å². The van der Waals surface area contributed by atoms with Crippen molar-refractivity contribution in [2.75, 3.05) is 31.1 Å². The number of piperidine rings is 1. The van der Waals surface area contributed by atoms with Crippen molar-refractivity contribution in [1.82, 2.24) is 14.9 Å². The molecule has 4 heterocycles. The minimum atomic E-state index is -0.499. The number of anilines is 1. The van der Waals surface area contributed by atoms with Gasteiger partial charge in [-0.25, -0.2) is 9.97 Å². The molecule has 0 saturated carbocycles. The zero-order valence-corrected chi connectivity index (χ0v) is 20.2. The lowest BCUT2D eigenvalue weighted by Gasteiger charge is -2.38. The third-order valence-electron chi connectivity index (χ3n) is 6.90. The highest BCUT2D eigenvalue weighted by atomic mass is 35.5. The number of likely N-dealkylation sites (tertiary alicyclic amines) is 1. The van der Waals surface area contributed by atoms with E-state index < -0.39 is 5.60 Å². The highest BCUT2D eigenvalue weighted by molar-refractivity contribution is 6.30. The molecule has 2 fully saturated rings. The number of nitrogens with zero attached hydrogens (tertiary/aromatic N) is 4. The molecule has 0 bridgehead atoms. The number of pyridine rings is 2. The van der Waals surface area contributed by atoms with E-state index in [9.17, 15) is 5.11 Å². The van der Waals surface area contributed by atoms with Crippen LogP contribution in [0.1, 0.15) is 37.4 Å². The van der Waals surface area contributed by atoms with E-state index in [2.05, 4.69) is 37.7 Å². The van der Waals surface area contributed by atoms with E-state index in [1.54, 1.807) is 0 Å². The Balaban J connectivity index is 1.18. The van der Waals surface area contributed by atoms with Gasteiger partial charge in [-0.1, -0.05) is 35.7 Å². The van der Waals surface area contributed by atoms with Gasteiger partial charge in [0.2, 0.25) is 0 Å². The van der Waals surface area contributed by atoms with Gasteiger partial charge >= 0.3 is 0 Å². The smallest absolute Gasteiger partial charge is 0.128 e. The van der Waals surface area contributed by atoms with Crippen molar-refractivity contribution in [3.8, 4) is 23.0 Å². The summed E-state index contributed by atoms with van der Waals surface area (Å²) in [5.41, 5.74) is 3.21. The van der Waals surface area contributed by atoms with Crippen LogP contribution in [-0.4, -0.2) is 57.8 Å². The van der Waals surface area contributed by atoms with Gasteiger partial charge in [0.15, 0.2) is 0 Å². The summed E-state index contributed by atoms with van der Waals surface area (Å²) in [5.74, 6) is 7.30. The van der Waals surface area contributed by atoms with Crippen LogP contribution in [0.25, 0.3) is 11.1 Å². The predicted octanol–water partition coefficient (Wildman–Crippen LogP) is 4.62. The molecule has 2 aliphatic heterocycles. The molecular formula is C28H29ClN4O. The number of hydrogen-bond donors (Lipinski definition) is 1. The highest BCUT2D eigenvalue weighted by Gasteiger charge is 2.34. The van der Waals surface area contributed by atoms with Crippen LogP contribution in [0, 0.1) is 11.8 Å². The average Bonchev–Trinajstić information content (AvgIpc) is 3.34. The number of aromatic nitrogens is 2. The fourth-order valence-electron chi connectivity index (χ4n) is 4.68. The van der Waals surface area contributed by atoms with Gasteiger partial charge in [-0.15, -0.1) is 0 Å². The monoisotopic (exact) mass is 472 g/mol. The number of aliphatic hydroxyl groups is 1. The first-order valence-electron chi connectivity index (χ1n) is 11.9. The first-order valence-corrected chi connectivity index (χ1v) is 12.2. The van der Waals surface area contributed by atoms with E-state index in [0.29, 0.717) is 6.04 Å². The Hall–Kier alpha value is -2.91. The average molecular weight is 473 g/mol. The molecule has 1 atom stereocenters. The normalized spacial score (nSPS) is 20.1. The third kappa shape index (κ3) is 5.42. The molecule has 34 heavy (non-hydrogen) atoms. The molecule has 0 amide bonds. The summed E-state index contributed by atoms with van der Waals surface area (Å²) < 4.78 is 0. The summed E-state index contributed by atoms with van der Waals surface area (Å²) in [6.07, 6.45) is 6.53. The van der Waals surface area contributed by atoms with Crippen LogP contribution in [0.3, 0.4) is 0 Å². The summed E-state index contributed by atoms with van der Waals surface area (Å²) in [7, 11) is 0. The van der Waals surface area contributed by atoms with Gasteiger partial charge in [-0.3, -0.25) is 4.90 Å². The van der Waals surface area contributed by atoms with Crippen molar-refractivity contribution in [1.29, 1.82) is 0 Å². The van der Waals surface area contributed by atoms with Crippen LogP contribution in [0.15, 0.2) is 60.9 Å². The van der Waals surface area contributed by atoms with E-state index in [4.69, 9.17) is 11.6 Å². The zero-order chi connectivity index (χ0) is 23.5. The maximum absolute atomic E-state index is 10.2. The minimum absolute atomic E-state index is 0.499. The summed E-state index contributed by atoms with van der Waals surface area (Å²) >= 11 is 5.97. The Labute approximate surface area is 206 Å². The van der Waals surface area contributed by atoms with Crippen LogP contribution < -0.4 is 4.90 Å². The topological polar surface area (TPSA) is 52.5 Å². The second kappa shape index (κ2) is 9.76. The van der Waals surface area contributed by atoms with Crippen molar-refractivity contribution in [3.05, 3.63) is 77.2 Å². The van der Waals surface area contributed by atoms with Crippen molar-refractivity contribution in [3.63, 3.8) is 0 Å². The molecule has 1 N–H and O–H groups in total. The third-order valence-corrected chi connectivity index (χ3v) is 7.15. The predicted molar refractivity (Wildman–Crippen MR) is 137 cm³/mol. The summed E-state index contributed by atoms with van der Waals surface area (Å²) in [6, 6.07) is 16.3. The van der Waals surface area contributed by atoms with Crippen molar-refractivity contribution in [2.24, 2.45) is 0 Å². The van der Waals surface area contributed by atoms with Crippen LogP contribution in [0.2, 0.25) is 5.02 Å². The molecule has 2 aromatic heterocycles. The van der Waals surface area contributed by atoms with Gasteiger partial charge in [0.05, 0.1) is 5.60 Å². The number of hydrogen-bond acceptors (Lipinski definition) is 5. The van der Waals surface area contributed by atoms with E-state index in [1.807, 2.05) is 61.8 Å². The van der Waals surface area contributed by atoms with Gasteiger partial charge < -0.3 is 10.0 Å². The second-order valence-electron chi connectivity index (χ2n) is 9.52. The Kier molecular flexibility index (Phi) is 6.56. The summed E-state index contributed by atoms with van der Waals surface area (Å²) in [6.45, 7) is 5.90. The van der Waals surface area contributed by atoms with Crippen LogP contribution in [-0.2, 0) is 0 Å². The number of halogens is 1. The number of rotatable bonds is 3. The molecule has 2 aliphatic rings. The van der Waals surface area contributed by atoms with E-state index in [-0.39, 0.29) is 0 Å². The maximum Gasteiger partial charge on any atom is 0.128 e. The lowest BCUT2D eigenvalue weighted by Crippen LogP contribution is -2.47. The molecule has 3 aromatic rings. The van der Waals surface area contributed by atoms with Crippen LogP contribution in [0.4, 0.5) is 5.82 Å². The SMILES string of the molecule is CC1(O)CCN([C@H]2CCN(c3ccc(C#Cc4ccc(-c5ccc(Cl)cc5)cn4)cn3)C2)CC1. The Morgan fingerprint density at radius 3 is 2.35 bits per heavy atom. The van der Waals surface area contributed by atoms with Crippen molar-refractivity contribution >= 4 is 17.4 Å². The lowest BCUT2D eigenvalue weighted by atomic mass is 9.93. The lowest BCUT2D eigenvalue weighted by molar-refractivity contribution is -0.0142. The Morgan fingerprint density at radius 2 is 1.68 bits per heavy atom. The molecule has 0 spiro atoms. The molecule has 1 aromatic carbocycles. The fraction of sp³-hybridized carbons (Fsp3) is 0.357. The highest BCUT2D eigenvalue weighted by Crippen LogP contribution is 2.27. The fourth-order valence-corrected chi connectivity index (χ4v) is 4.81. The van der Waals surface area contributed by atoms with Crippen molar-refractivity contribution < 1.29 is 5.11 Å². The first-order chi connectivity index (χ1) is 16.4. The molecule has 6 heteroatoms. The van der Waals surface area contributed by atoms with Gasteiger partial charge in [0, 0.05) is 60.8 Å². The Morgan fingerprint density at radius 1 is 0.912 bits per heavy atom. The zero-order valence-electron chi connectivity index (χ0n) is 19.4. The Bertz CT molecular complexity index is 1170. The molecule has 174 valence electrons. The molecular weight excluding hydrogens is 444 g/mol.